The van der Waals surface area contributed by atoms with E-state index in [1.807, 2.05) is 6.92 Å². The minimum absolute atomic E-state index is 0.153. The molecule has 0 aliphatic heterocycles. The first-order chi connectivity index (χ1) is 5.31. The van der Waals surface area contributed by atoms with Gasteiger partial charge in [0.25, 0.3) is 0 Å². The fourth-order valence-electron chi connectivity index (χ4n) is 0.783. The van der Waals surface area contributed by atoms with E-state index in [1.165, 1.54) is 0 Å². The van der Waals surface area contributed by atoms with Gasteiger partial charge in [-0.2, -0.15) is 0 Å². The van der Waals surface area contributed by atoms with Gasteiger partial charge in [-0.25, -0.2) is 0 Å². The maximum atomic E-state index is 10.9. The van der Waals surface area contributed by atoms with Gasteiger partial charge in [-0.3, -0.25) is 4.79 Å². The first-order valence-corrected chi connectivity index (χ1v) is 4.28. The van der Waals surface area contributed by atoms with Crippen molar-refractivity contribution < 1.29 is 4.79 Å². The quantitative estimate of drug-likeness (QED) is 0.557. The number of nitrogens with one attached hydrogen (secondary N) is 1. The second-order valence-electron chi connectivity index (χ2n) is 2.60. The Morgan fingerprint density at radius 2 is 2.18 bits per heavy atom. The number of unbranched alkanes of at least 4 members (excludes halogenated alkanes) is 1. The minimum Gasteiger partial charge on any atom is -0.356 e. The van der Waals surface area contributed by atoms with Crippen LogP contribution in [0.1, 0.15) is 32.6 Å². The van der Waals surface area contributed by atoms with Gasteiger partial charge in [-0.1, -0.05) is 6.92 Å². The van der Waals surface area contributed by atoms with Gasteiger partial charge in [-0.05, 0) is 25.8 Å². The number of hydrogen-bond donors (Lipinski definition) is 2. The number of hydrogen-bond acceptors (Lipinski definition) is 2. The van der Waals surface area contributed by atoms with Crippen LogP contribution in [-0.2, 0) is 4.79 Å². The molecule has 0 rings (SSSR count). The van der Waals surface area contributed by atoms with Crippen molar-refractivity contribution in [1.82, 2.24) is 5.32 Å². The molecule has 0 heterocycles. The first kappa shape index (κ1) is 10.4. The molecule has 0 saturated heterocycles. The smallest absolute Gasteiger partial charge is 0.219 e. The molecule has 0 bridgehead atoms. The second-order valence-corrected chi connectivity index (χ2v) is 2.60. The SMILES string of the molecule is CCCNC(=O)CCCCN. The summed E-state index contributed by atoms with van der Waals surface area (Å²) >= 11 is 0. The van der Waals surface area contributed by atoms with Crippen molar-refractivity contribution in [2.75, 3.05) is 13.1 Å². The van der Waals surface area contributed by atoms with Crippen LogP contribution in [0.5, 0.6) is 0 Å². The molecule has 0 aliphatic carbocycles. The summed E-state index contributed by atoms with van der Waals surface area (Å²) in [6, 6.07) is 0. The molecule has 0 unspecified atom stereocenters. The van der Waals surface area contributed by atoms with Gasteiger partial charge >= 0.3 is 0 Å². The van der Waals surface area contributed by atoms with Gasteiger partial charge in [0.2, 0.25) is 5.91 Å². The molecule has 0 aromatic carbocycles. The van der Waals surface area contributed by atoms with Crippen LogP contribution >= 0.6 is 0 Å². The van der Waals surface area contributed by atoms with Gasteiger partial charge in [0.1, 0.15) is 0 Å². The summed E-state index contributed by atoms with van der Waals surface area (Å²) in [5.41, 5.74) is 5.28. The van der Waals surface area contributed by atoms with Crippen molar-refractivity contribution >= 4 is 5.91 Å². The van der Waals surface area contributed by atoms with E-state index in [0.717, 1.165) is 25.8 Å². The Kier molecular flexibility index (Phi) is 7.15. The predicted octanol–water partition coefficient (Wildman–Crippen LogP) is 0.642. The third-order valence-corrected chi connectivity index (χ3v) is 1.43. The molecule has 0 atom stereocenters. The van der Waals surface area contributed by atoms with E-state index in [0.29, 0.717) is 13.0 Å². The van der Waals surface area contributed by atoms with Crippen molar-refractivity contribution in [3.8, 4) is 0 Å². The summed E-state index contributed by atoms with van der Waals surface area (Å²) in [5, 5.41) is 2.81. The molecule has 0 saturated carbocycles. The lowest BCUT2D eigenvalue weighted by molar-refractivity contribution is -0.121. The average molecular weight is 158 g/mol. The Labute approximate surface area is 68.3 Å². The number of nitrogens with two attached hydrogens (primary N) is 1. The van der Waals surface area contributed by atoms with E-state index in [-0.39, 0.29) is 5.91 Å². The molecule has 3 nitrogen and oxygen atoms in total. The molecule has 3 N–H and O–H groups in total. The Morgan fingerprint density at radius 1 is 1.45 bits per heavy atom. The van der Waals surface area contributed by atoms with Crippen LogP contribution in [-0.4, -0.2) is 19.0 Å². The summed E-state index contributed by atoms with van der Waals surface area (Å²) in [4.78, 5) is 10.9. The normalized spacial score (nSPS) is 9.64. The summed E-state index contributed by atoms with van der Waals surface area (Å²) in [5.74, 6) is 0.153. The van der Waals surface area contributed by atoms with Crippen LogP contribution in [0.15, 0.2) is 0 Å². The number of carbonyl (C=O) groups excluding carboxylic acids is 1. The van der Waals surface area contributed by atoms with Crippen LogP contribution in [0.2, 0.25) is 0 Å². The first-order valence-electron chi connectivity index (χ1n) is 4.28. The fourth-order valence-corrected chi connectivity index (χ4v) is 0.783. The number of amides is 1. The van der Waals surface area contributed by atoms with Crippen molar-refractivity contribution in [3.63, 3.8) is 0 Å². The molecule has 11 heavy (non-hydrogen) atoms. The average Bonchev–Trinajstić information content (AvgIpc) is 2.01. The fraction of sp³-hybridized carbons (Fsp3) is 0.875. The maximum absolute atomic E-state index is 10.9. The van der Waals surface area contributed by atoms with Gasteiger partial charge in [0, 0.05) is 13.0 Å². The van der Waals surface area contributed by atoms with Gasteiger partial charge in [0.05, 0.1) is 0 Å². The van der Waals surface area contributed by atoms with E-state index in [9.17, 15) is 4.79 Å². The van der Waals surface area contributed by atoms with Crippen LogP contribution in [0.3, 0.4) is 0 Å². The molecule has 0 spiro atoms. The highest BCUT2D eigenvalue weighted by molar-refractivity contribution is 5.75. The Bertz CT molecular complexity index is 104. The van der Waals surface area contributed by atoms with Crippen molar-refractivity contribution in [1.29, 1.82) is 0 Å². The third kappa shape index (κ3) is 7.33. The van der Waals surface area contributed by atoms with Crippen LogP contribution in [0.25, 0.3) is 0 Å². The van der Waals surface area contributed by atoms with Crippen molar-refractivity contribution in [2.24, 2.45) is 5.73 Å². The topological polar surface area (TPSA) is 55.1 Å². The van der Waals surface area contributed by atoms with Crippen LogP contribution < -0.4 is 11.1 Å². The lowest BCUT2D eigenvalue weighted by atomic mass is 10.2. The molecule has 66 valence electrons. The minimum atomic E-state index is 0.153. The zero-order chi connectivity index (χ0) is 8.53. The molecule has 0 aliphatic rings. The van der Waals surface area contributed by atoms with E-state index >= 15 is 0 Å². The molecular formula is C8H18N2O. The summed E-state index contributed by atoms with van der Waals surface area (Å²) in [6.07, 6.45) is 3.48. The van der Waals surface area contributed by atoms with Gasteiger partial charge in [0.15, 0.2) is 0 Å². The highest BCUT2D eigenvalue weighted by atomic mass is 16.1. The molecule has 0 aromatic rings. The molecule has 3 heteroatoms. The van der Waals surface area contributed by atoms with E-state index in [4.69, 9.17) is 5.73 Å². The molecule has 0 fully saturated rings. The van der Waals surface area contributed by atoms with Gasteiger partial charge in [-0.15, -0.1) is 0 Å². The summed E-state index contributed by atoms with van der Waals surface area (Å²) < 4.78 is 0. The maximum Gasteiger partial charge on any atom is 0.219 e. The Balaban J connectivity index is 3.09. The largest absolute Gasteiger partial charge is 0.356 e. The van der Waals surface area contributed by atoms with E-state index in [2.05, 4.69) is 5.32 Å². The lowest BCUT2D eigenvalue weighted by Gasteiger charge is -2.01. The Morgan fingerprint density at radius 3 is 2.73 bits per heavy atom. The Hall–Kier alpha value is -0.570. The predicted molar refractivity (Wildman–Crippen MR) is 46.2 cm³/mol. The summed E-state index contributed by atoms with van der Waals surface area (Å²) in [6.45, 7) is 3.52. The number of rotatable bonds is 6. The van der Waals surface area contributed by atoms with E-state index < -0.39 is 0 Å². The highest BCUT2D eigenvalue weighted by Crippen LogP contribution is 1.92. The van der Waals surface area contributed by atoms with E-state index in [1.54, 1.807) is 0 Å². The van der Waals surface area contributed by atoms with Crippen LogP contribution in [0.4, 0.5) is 0 Å². The van der Waals surface area contributed by atoms with Crippen LogP contribution in [0, 0.1) is 0 Å². The van der Waals surface area contributed by atoms with Crippen molar-refractivity contribution in [2.45, 2.75) is 32.6 Å². The molecule has 0 radical (unpaired) electrons. The summed E-state index contributed by atoms with van der Waals surface area (Å²) in [7, 11) is 0. The van der Waals surface area contributed by atoms with Gasteiger partial charge < -0.3 is 11.1 Å². The highest BCUT2D eigenvalue weighted by Gasteiger charge is 1.97. The van der Waals surface area contributed by atoms with Crippen molar-refractivity contribution in [3.05, 3.63) is 0 Å². The molecular weight excluding hydrogens is 140 g/mol. The second kappa shape index (κ2) is 7.54. The third-order valence-electron chi connectivity index (χ3n) is 1.43. The molecule has 1 amide bonds. The zero-order valence-electron chi connectivity index (χ0n) is 7.23. The standard InChI is InChI=1S/C8H18N2O/c1-2-7-10-8(11)5-3-4-6-9/h2-7,9H2,1H3,(H,10,11). The zero-order valence-corrected chi connectivity index (χ0v) is 7.23. The lowest BCUT2D eigenvalue weighted by Crippen LogP contribution is -2.23. The molecule has 0 aromatic heterocycles. The number of carbonyl (C=O) groups is 1. The monoisotopic (exact) mass is 158 g/mol.